The van der Waals surface area contributed by atoms with Crippen molar-refractivity contribution in [2.24, 2.45) is 0 Å². The van der Waals surface area contributed by atoms with Crippen LogP contribution in [0.4, 0.5) is 19.2 Å². The van der Waals surface area contributed by atoms with Gasteiger partial charge in [0.15, 0.2) is 0 Å². The van der Waals surface area contributed by atoms with Crippen molar-refractivity contribution < 1.29 is 57.1 Å². The molecule has 4 aliphatic rings. The first-order chi connectivity index (χ1) is 39.5. The Bertz CT molecular complexity index is 1890. The van der Waals surface area contributed by atoms with E-state index in [9.17, 15) is 19.2 Å². The molecule has 4 saturated heterocycles. The van der Waals surface area contributed by atoms with Gasteiger partial charge in [0.05, 0.1) is 0 Å². The van der Waals surface area contributed by atoms with Crippen LogP contribution < -0.4 is 0 Å². The summed E-state index contributed by atoms with van der Waals surface area (Å²) in [7, 11) is 0. The molecule has 0 aromatic carbocycles. The van der Waals surface area contributed by atoms with Crippen LogP contribution in [0.25, 0.3) is 0 Å². The van der Waals surface area contributed by atoms with E-state index in [0.29, 0.717) is 39.3 Å². The zero-order chi connectivity index (χ0) is 56.7. The fourth-order valence-corrected chi connectivity index (χ4v) is 8.99. The van der Waals surface area contributed by atoms with Gasteiger partial charge in [-0.3, -0.25) is 0 Å². The Morgan fingerprint density at radius 3 is 0.562 bits per heavy atom. The van der Waals surface area contributed by atoms with Crippen LogP contribution in [-0.2, 0) is 37.9 Å². The van der Waals surface area contributed by atoms with Gasteiger partial charge in [-0.2, -0.15) is 0 Å². The molecule has 4 atom stereocenters. The van der Waals surface area contributed by atoms with Crippen molar-refractivity contribution >= 4 is 24.6 Å². The summed E-state index contributed by atoms with van der Waals surface area (Å²) in [6.45, 7) is 1.54. The molecule has 0 bridgehead atoms. The normalized spacial score (nSPS) is 19.8. The topological polar surface area (TPSA) is 142 Å². The number of unbranched alkanes of at least 4 members (excludes halogenated alkanes) is 25. The fourth-order valence-electron chi connectivity index (χ4n) is 8.99. The van der Waals surface area contributed by atoms with Crippen LogP contribution in [0.15, 0.2) is 158 Å². The molecule has 4 aliphatic heterocycles. The van der Waals surface area contributed by atoms with Crippen LogP contribution in [0.5, 0.6) is 0 Å². The monoisotopic (exact) mass is 1110 g/mol. The molecule has 0 aromatic heterocycles. The standard InChI is InChI=1S/C34H62O6.C34H36O6/c2*35-33-37-29-31(39-33)27-25-23-21-19-17-15-13-11-9-7-5-3-1-2-4-6-8-10-12-14-16-18-20-22-24-26-28-32-30-38-34(36)40-32/h31-32H,1-30H2;1-26,31-32H,27-30H2. The van der Waals surface area contributed by atoms with Crippen molar-refractivity contribution in [1.82, 2.24) is 0 Å². The lowest BCUT2D eigenvalue weighted by atomic mass is 10.0. The second kappa shape index (κ2) is 50.9. The number of carbonyl (C=O) groups excluding carboxylic acids is 4. The molecule has 0 aromatic rings. The number of hydrogen-bond donors (Lipinski definition) is 0. The smallest absolute Gasteiger partial charge is 0.430 e. The van der Waals surface area contributed by atoms with E-state index in [0.717, 1.165) is 25.7 Å². The minimum Gasteiger partial charge on any atom is -0.430 e. The van der Waals surface area contributed by atoms with Crippen LogP contribution in [0.2, 0.25) is 0 Å². The third kappa shape index (κ3) is 42.6. The molecule has 4 rings (SSSR count). The maximum Gasteiger partial charge on any atom is 0.508 e. The molecule has 80 heavy (non-hydrogen) atoms. The lowest BCUT2D eigenvalue weighted by Gasteiger charge is -2.06. The van der Waals surface area contributed by atoms with Crippen LogP contribution >= 0.6 is 0 Å². The van der Waals surface area contributed by atoms with Gasteiger partial charge in [0, 0.05) is 12.8 Å². The Hall–Kier alpha value is -6.30. The van der Waals surface area contributed by atoms with Gasteiger partial charge in [0.25, 0.3) is 0 Å². The molecule has 0 spiro atoms. The number of allylic oxidation sites excluding steroid dienone is 24. The Labute approximate surface area is 481 Å². The van der Waals surface area contributed by atoms with E-state index >= 15 is 0 Å². The Balaban J connectivity index is 0.000000420. The van der Waals surface area contributed by atoms with Gasteiger partial charge in [-0.15, -0.1) is 0 Å². The van der Waals surface area contributed by atoms with Crippen LogP contribution in [0, 0.1) is 0 Å². The summed E-state index contributed by atoms with van der Waals surface area (Å²) in [6.07, 6.45) is 87.0. The van der Waals surface area contributed by atoms with Crippen molar-refractivity contribution in [3.8, 4) is 0 Å². The predicted molar refractivity (Wildman–Crippen MR) is 322 cm³/mol. The fraction of sp³-hybridized carbons (Fsp3) is 0.559. The summed E-state index contributed by atoms with van der Waals surface area (Å²) < 4.78 is 39.1. The first-order valence-electron chi connectivity index (χ1n) is 30.5. The lowest BCUT2D eigenvalue weighted by molar-refractivity contribution is 0.114. The summed E-state index contributed by atoms with van der Waals surface area (Å²) in [5.74, 6) is 0. The summed E-state index contributed by atoms with van der Waals surface area (Å²) >= 11 is 0. The highest BCUT2D eigenvalue weighted by Gasteiger charge is 2.26. The van der Waals surface area contributed by atoms with Crippen LogP contribution in [-0.4, -0.2) is 75.5 Å². The highest BCUT2D eigenvalue weighted by atomic mass is 16.8. The van der Waals surface area contributed by atoms with Gasteiger partial charge in [-0.05, 0) is 25.7 Å². The van der Waals surface area contributed by atoms with Crippen LogP contribution in [0.1, 0.15) is 193 Å². The second-order valence-electron chi connectivity index (χ2n) is 20.5. The third-order valence-electron chi connectivity index (χ3n) is 13.5. The molecule has 0 radical (unpaired) electrons. The maximum atomic E-state index is 10.9. The summed E-state index contributed by atoms with van der Waals surface area (Å²) in [5, 5.41) is 0. The van der Waals surface area contributed by atoms with Gasteiger partial charge in [0.1, 0.15) is 50.8 Å². The zero-order valence-corrected chi connectivity index (χ0v) is 48.3. The first-order valence-corrected chi connectivity index (χ1v) is 30.5. The molecule has 4 unspecified atom stereocenters. The average molecular weight is 1110 g/mol. The van der Waals surface area contributed by atoms with Crippen LogP contribution in [0.3, 0.4) is 0 Å². The van der Waals surface area contributed by atoms with Gasteiger partial charge >= 0.3 is 24.6 Å². The van der Waals surface area contributed by atoms with E-state index in [2.05, 4.69) is 0 Å². The van der Waals surface area contributed by atoms with Crippen molar-refractivity contribution in [3.63, 3.8) is 0 Å². The van der Waals surface area contributed by atoms with E-state index < -0.39 is 24.6 Å². The predicted octanol–water partition coefficient (Wildman–Crippen LogP) is 19.0. The molecule has 442 valence electrons. The molecule has 4 heterocycles. The average Bonchev–Trinajstić information content (AvgIpc) is 4.29. The Kier molecular flexibility index (Phi) is 43.2. The quantitative estimate of drug-likeness (QED) is 0.0248. The van der Waals surface area contributed by atoms with E-state index in [1.165, 1.54) is 154 Å². The number of carbonyl (C=O) groups is 4. The van der Waals surface area contributed by atoms with Gasteiger partial charge in [0.2, 0.25) is 0 Å². The molecule has 4 fully saturated rings. The number of ether oxygens (including phenoxy) is 8. The molecule has 0 aliphatic carbocycles. The van der Waals surface area contributed by atoms with Crippen molar-refractivity contribution in [3.05, 3.63) is 158 Å². The van der Waals surface area contributed by atoms with Crippen molar-refractivity contribution in [2.75, 3.05) is 26.4 Å². The highest BCUT2D eigenvalue weighted by molar-refractivity contribution is 5.63. The second-order valence-corrected chi connectivity index (χ2v) is 20.5. The summed E-state index contributed by atoms with van der Waals surface area (Å²) in [4.78, 5) is 43.4. The van der Waals surface area contributed by atoms with E-state index in [-0.39, 0.29) is 24.4 Å². The van der Waals surface area contributed by atoms with Gasteiger partial charge < -0.3 is 37.9 Å². The Morgan fingerprint density at radius 2 is 0.388 bits per heavy atom. The largest absolute Gasteiger partial charge is 0.508 e. The molecule has 0 saturated carbocycles. The first kappa shape index (κ1) is 68.0. The molecular formula is C68H98O12. The van der Waals surface area contributed by atoms with Crippen molar-refractivity contribution in [1.29, 1.82) is 0 Å². The number of hydrogen-bond acceptors (Lipinski definition) is 12. The molecule has 12 heteroatoms. The van der Waals surface area contributed by atoms with E-state index in [4.69, 9.17) is 37.9 Å². The highest BCUT2D eigenvalue weighted by Crippen LogP contribution is 2.20. The minimum atomic E-state index is -0.587. The lowest BCUT2D eigenvalue weighted by Crippen LogP contribution is -2.09. The summed E-state index contributed by atoms with van der Waals surface area (Å²) in [5.41, 5.74) is 0. The van der Waals surface area contributed by atoms with Gasteiger partial charge in [-0.25, -0.2) is 19.2 Å². The molecular weight excluding hydrogens is 1010 g/mol. The minimum absolute atomic E-state index is 0.00614. The summed E-state index contributed by atoms with van der Waals surface area (Å²) in [6, 6.07) is 0. The van der Waals surface area contributed by atoms with E-state index in [1.54, 1.807) is 0 Å². The molecule has 0 N–H and O–H groups in total. The SMILES string of the molecule is O=C1OCC(CC=CC=CC=CC=CC=CC=CC=CC=CC=CC=CC=CC=CC=CCC2COC(=O)O2)O1.O=C1OCC(CCCCCCCCCCCCCCCCCCCCCCCCCCCCC2COC(=O)O2)O1. The Morgan fingerprint density at radius 1 is 0.225 bits per heavy atom. The number of cyclic esters (lactones) is 8. The van der Waals surface area contributed by atoms with Gasteiger partial charge in [-0.1, -0.05) is 312 Å². The van der Waals surface area contributed by atoms with Crippen molar-refractivity contribution in [2.45, 2.75) is 217 Å². The maximum absolute atomic E-state index is 10.9. The number of rotatable bonds is 45. The molecule has 12 nitrogen and oxygen atoms in total. The zero-order valence-electron chi connectivity index (χ0n) is 48.3. The third-order valence-corrected chi connectivity index (χ3v) is 13.5. The molecule has 0 amide bonds. The van der Waals surface area contributed by atoms with E-state index in [1.807, 2.05) is 158 Å².